The van der Waals surface area contributed by atoms with Gasteiger partial charge in [0.25, 0.3) is 0 Å². The lowest BCUT2D eigenvalue weighted by atomic mass is 9.77. The van der Waals surface area contributed by atoms with Crippen molar-refractivity contribution in [3.8, 4) is 0 Å². The van der Waals surface area contributed by atoms with E-state index in [0.29, 0.717) is 19.0 Å². The molecule has 0 fully saturated rings. The number of carbonyl (C=O) groups excluding carboxylic acids is 1. The Morgan fingerprint density at radius 2 is 1.90 bits per heavy atom. The molecule has 0 radical (unpaired) electrons. The molecule has 0 spiro atoms. The molecular weight excluding hydrogens is 250 g/mol. The quantitative estimate of drug-likeness (QED) is 0.755. The van der Waals surface area contributed by atoms with Gasteiger partial charge in [-0.3, -0.25) is 9.48 Å². The van der Waals surface area contributed by atoms with Crippen molar-refractivity contribution < 1.29 is 4.79 Å². The fourth-order valence-corrected chi connectivity index (χ4v) is 2.74. The van der Waals surface area contributed by atoms with Crippen molar-refractivity contribution in [1.82, 2.24) is 9.78 Å². The van der Waals surface area contributed by atoms with E-state index in [0.717, 1.165) is 31.4 Å². The number of Topliss-reactive ketones (excluding diaryl/α,β-unsaturated/α-hetero) is 1. The van der Waals surface area contributed by atoms with Crippen LogP contribution < -0.4 is 5.73 Å². The second-order valence-electron chi connectivity index (χ2n) is 5.55. The van der Waals surface area contributed by atoms with Crippen molar-refractivity contribution in [2.45, 2.75) is 65.8 Å². The van der Waals surface area contributed by atoms with E-state index in [4.69, 9.17) is 5.73 Å². The summed E-state index contributed by atoms with van der Waals surface area (Å²) >= 11 is 0. The highest BCUT2D eigenvalue weighted by Crippen LogP contribution is 2.27. The molecule has 1 rings (SSSR count). The van der Waals surface area contributed by atoms with Crippen LogP contribution in [0.1, 0.15) is 65.1 Å². The minimum atomic E-state index is -0.376. The lowest BCUT2D eigenvalue weighted by Gasteiger charge is -2.28. The summed E-state index contributed by atoms with van der Waals surface area (Å²) in [6.07, 6.45) is 6.09. The molecule has 0 atom stereocenters. The molecule has 114 valence electrons. The summed E-state index contributed by atoms with van der Waals surface area (Å²) in [7, 11) is 0. The zero-order valence-corrected chi connectivity index (χ0v) is 13.4. The second kappa shape index (κ2) is 7.58. The van der Waals surface area contributed by atoms with Gasteiger partial charge < -0.3 is 5.73 Å². The number of nitrogens with two attached hydrogens (primary N) is 1. The number of hydrogen-bond donors (Lipinski definition) is 1. The molecule has 1 aromatic rings. The molecule has 2 N–H and O–H groups in total. The SMILES string of the molecule is CCC(CC)n1ccc(CC(=O)C(CC)(CC)CN)n1. The van der Waals surface area contributed by atoms with Crippen molar-refractivity contribution in [3.05, 3.63) is 18.0 Å². The van der Waals surface area contributed by atoms with Crippen molar-refractivity contribution in [3.63, 3.8) is 0 Å². The Balaban J connectivity index is 2.81. The summed E-state index contributed by atoms with van der Waals surface area (Å²) in [6, 6.07) is 2.39. The highest BCUT2D eigenvalue weighted by Gasteiger charge is 2.33. The maximum atomic E-state index is 12.5. The van der Waals surface area contributed by atoms with E-state index < -0.39 is 0 Å². The Morgan fingerprint density at radius 1 is 1.30 bits per heavy atom. The van der Waals surface area contributed by atoms with Crippen LogP contribution in [0, 0.1) is 5.41 Å². The average molecular weight is 279 g/mol. The van der Waals surface area contributed by atoms with E-state index >= 15 is 0 Å². The highest BCUT2D eigenvalue weighted by atomic mass is 16.1. The number of rotatable bonds is 9. The van der Waals surface area contributed by atoms with Gasteiger partial charge in [-0.05, 0) is 31.7 Å². The number of ketones is 1. The molecule has 0 aliphatic heterocycles. The Morgan fingerprint density at radius 3 is 2.35 bits per heavy atom. The largest absolute Gasteiger partial charge is 0.329 e. The lowest BCUT2D eigenvalue weighted by Crippen LogP contribution is -2.38. The zero-order valence-electron chi connectivity index (χ0n) is 13.4. The Labute approximate surface area is 122 Å². The predicted molar refractivity (Wildman–Crippen MR) is 82.6 cm³/mol. The van der Waals surface area contributed by atoms with Gasteiger partial charge in [-0.1, -0.05) is 27.7 Å². The first-order valence-corrected chi connectivity index (χ1v) is 7.84. The van der Waals surface area contributed by atoms with E-state index in [1.807, 2.05) is 30.8 Å². The molecule has 0 bridgehead atoms. The monoisotopic (exact) mass is 279 g/mol. The van der Waals surface area contributed by atoms with E-state index in [2.05, 4.69) is 18.9 Å². The molecule has 1 aromatic heterocycles. The number of nitrogens with zero attached hydrogens (tertiary/aromatic N) is 2. The molecule has 4 nitrogen and oxygen atoms in total. The molecule has 4 heteroatoms. The van der Waals surface area contributed by atoms with Crippen LogP contribution in [0.15, 0.2) is 12.3 Å². The average Bonchev–Trinajstić information content (AvgIpc) is 2.91. The van der Waals surface area contributed by atoms with E-state index in [1.165, 1.54) is 0 Å². The summed E-state index contributed by atoms with van der Waals surface area (Å²) < 4.78 is 1.99. The molecule has 0 saturated carbocycles. The third-order valence-corrected chi connectivity index (χ3v) is 4.66. The number of carbonyl (C=O) groups is 1. The maximum Gasteiger partial charge on any atom is 0.146 e. The van der Waals surface area contributed by atoms with Gasteiger partial charge >= 0.3 is 0 Å². The predicted octanol–water partition coefficient (Wildman–Crippen LogP) is 3.12. The molecule has 0 amide bonds. The first-order valence-electron chi connectivity index (χ1n) is 7.84. The molecule has 0 aromatic carbocycles. The Kier molecular flexibility index (Phi) is 6.40. The van der Waals surface area contributed by atoms with Crippen molar-refractivity contribution >= 4 is 5.78 Å². The van der Waals surface area contributed by atoms with E-state index in [9.17, 15) is 4.79 Å². The second-order valence-corrected chi connectivity index (χ2v) is 5.55. The van der Waals surface area contributed by atoms with E-state index in [-0.39, 0.29) is 11.2 Å². The molecule has 0 unspecified atom stereocenters. The highest BCUT2D eigenvalue weighted by molar-refractivity contribution is 5.86. The topological polar surface area (TPSA) is 60.9 Å². The summed E-state index contributed by atoms with van der Waals surface area (Å²) in [5, 5.41) is 4.56. The molecule has 0 saturated heterocycles. The van der Waals surface area contributed by atoms with Crippen molar-refractivity contribution in [1.29, 1.82) is 0 Å². The summed E-state index contributed by atoms with van der Waals surface area (Å²) in [6.45, 7) is 8.82. The van der Waals surface area contributed by atoms with Gasteiger partial charge in [0, 0.05) is 18.2 Å². The number of aromatic nitrogens is 2. The van der Waals surface area contributed by atoms with Gasteiger partial charge in [-0.2, -0.15) is 5.10 Å². The maximum absolute atomic E-state index is 12.5. The van der Waals surface area contributed by atoms with Gasteiger partial charge in [0.1, 0.15) is 5.78 Å². The van der Waals surface area contributed by atoms with Crippen molar-refractivity contribution in [2.24, 2.45) is 11.1 Å². The molecular formula is C16H29N3O. The third-order valence-electron chi connectivity index (χ3n) is 4.66. The van der Waals surface area contributed by atoms with Crippen molar-refractivity contribution in [2.75, 3.05) is 6.54 Å². The van der Waals surface area contributed by atoms with Crippen LogP contribution in [0.3, 0.4) is 0 Å². The Hall–Kier alpha value is -1.16. The third kappa shape index (κ3) is 3.48. The molecule has 0 aliphatic carbocycles. The lowest BCUT2D eigenvalue weighted by molar-refractivity contribution is -0.128. The molecule has 20 heavy (non-hydrogen) atoms. The van der Waals surface area contributed by atoms with Gasteiger partial charge in [0.2, 0.25) is 0 Å². The smallest absolute Gasteiger partial charge is 0.146 e. The molecule has 0 aliphatic rings. The fourth-order valence-electron chi connectivity index (χ4n) is 2.74. The first kappa shape index (κ1) is 16.9. The van der Waals surface area contributed by atoms with Crippen LogP contribution in [0.2, 0.25) is 0 Å². The minimum Gasteiger partial charge on any atom is -0.329 e. The number of hydrogen-bond acceptors (Lipinski definition) is 3. The normalized spacial score (nSPS) is 12.1. The van der Waals surface area contributed by atoms with Crippen LogP contribution in [-0.4, -0.2) is 22.1 Å². The zero-order chi connectivity index (χ0) is 15.2. The van der Waals surface area contributed by atoms with Crippen LogP contribution >= 0.6 is 0 Å². The summed E-state index contributed by atoms with van der Waals surface area (Å²) in [5.74, 6) is 0.222. The van der Waals surface area contributed by atoms with Gasteiger partial charge in [-0.25, -0.2) is 0 Å². The fraction of sp³-hybridized carbons (Fsp3) is 0.750. The first-order chi connectivity index (χ1) is 9.56. The van der Waals surface area contributed by atoms with Crippen LogP contribution in [0.25, 0.3) is 0 Å². The summed E-state index contributed by atoms with van der Waals surface area (Å²) in [4.78, 5) is 12.5. The van der Waals surface area contributed by atoms with Gasteiger partial charge in [-0.15, -0.1) is 0 Å². The van der Waals surface area contributed by atoms with Crippen LogP contribution in [0.4, 0.5) is 0 Å². The molecule has 1 heterocycles. The van der Waals surface area contributed by atoms with E-state index in [1.54, 1.807) is 0 Å². The van der Waals surface area contributed by atoms with Gasteiger partial charge in [0.05, 0.1) is 18.2 Å². The summed E-state index contributed by atoms with van der Waals surface area (Å²) in [5.41, 5.74) is 6.32. The minimum absolute atomic E-state index is 0.222. The van der Waals surface area contributed by atoms with Crippen LogP contribution in [0.5, 0.6) is 0 Å². The Bertz CT molecular complexity index is 409. The standard InChI is InChI=1S/C16H29N3O/c1-5-14(6-2)19-10-9-13(18-19)11-15(20)16(7-3,8-4)12-17/h9-10,14H,5-8,11-12,17H2,1-4H3. The van der Waals surface area contributed by atoms with Gasteiger partial charge in [0.15, 0.2) is 0 Å². The van der Waals surface area contributed by atoms with Crippen LogP contribution in [-0.2, 0) is 11.2 Å².